The van der Waals surface area contributed by atoms with Crippen LogP contribution in [0.1, 0.15) is 46.8 Å². The molecule has 1 amide bonds. The predicted octanol–water partition coefficient (Wildman–Crippen LogP) is 5.13. The normalized spacial score (nSPS) is 17.0. The van der Waals surface area contributed by atoms with Crippen molar-refractivity contribution in [3.05, 3.63) is 71.2 Å². The third kappa shape index (κ3) is 3.61. The monoisotopic (exact) mass is 475 g/mol. The quantitative estimate of drug-likeness (QED) is 0.408. The summed E-state index contributed by atoms with van der Waals surface area (Å²) in [6, 6.07) is 6.46. The van der Waals surface area contributed by atoms with Crippen LogP contribution >= 0.6 is 0 Å². The highest BCUT2D eigenvalue weighted by Crippen LogP contribution is 2.35. The van der Waals surface area contributed by atoms with Crippen molar-refractivity contribution in [2.45, 2.75) is 31.5 Å². The number of imidazole rings is 1. The number of halogens is 5. The van der Waals surface area contributed by atoms with Gasteiger partial charge in [-0.25, -0.2) is 14.4 Å². The molecule has 0 unspecified atom stereocenters. The number of aromatic nitrogens is 3. The molecule has 5 rings (SSSR count). The van der Waals surface area contributed by atoms with Gasteiger partial charge in [-0.15, -0.1) is 0 Å². The number of benzene rings is 2. The number of piperidine rings is 1. The summed E-state index contributed by atoms with van der Waals surface area (Å²) in [6.45, 7) is 0.317. The standard InChI is InChI=1S/C23H18F5N5O/c24-15-10-16-18(33-11-30-20(25)19(33)21(29)31-16)9-14(15)22(34)32-8-2-1-3-17(32)12-4-6-13(7-5-12)23(26,27)28/h4-7,9-11,17H,1-3,8H2,(H2,29,31)/t17-/m1/s1. The van der Waals surface area contributed by atoms with Crippen LogP contribution in [-0.4, -0.2) is 31.7 Å². The molecule has 6 nitrogen and oxygen atoms in total. The van der Waals surface area contributed by atoms with E-state index in [0.29, 0.717) is 24.9 Å². The zero-order valence-corrected chi connectivity index (χ0v) is 17.6. The molecule has 1 aliphatic heterocycles. The number of carbonyl (C=O) groups excluding carboxylic acids is 1. The second-order valence-electron chi connectivity index (χ2n) is 8.20. The maximum Gasteiger partial charge on any atom is 0.416 e. The van der Waals surface area contributed by atoms with Crippen molar-refractivity contribution in [1.82, 2.24) is 19.3 Å². The smallest absolute Gasteiger partial charge is 0.382 e. The third-order valence-electron chi connectivity index (χ3n) is 6.15. The van der Waals surface area contributed by atoms with E-state index in [-0.39, 0.29) is 27.9 Å². The number of nitrogens with zero attached hydrogens (tertiary/aromatic N) is 4. The summed E-state index contributed by atoms with van der Waals surface area (Å²) in [5, 5.41) is 0. The lowest BCUT2D eigenvalue weighted by atomic mass is 9.93. The number of likely N-dealkylation sites (tertiary alicyclic amines) is 1. The number of nitrogen functional groups attached to an aromatic ring is 1. The van der Waals surface area contributed by atoms with Crippen LogP contribution in [0.15, 0.2) is 42.7 Å². The second kappa shape index (κ2) is 7.93. The van der Waals surface area contributed by atoms with E-state index in [1.54, 1.807) is 0 Å². The third-order valence-corrected chi connectivity index (χ3v) is 6.15. The highest BCUT2D eigenvalue weighted by atomic mass is 19.4. The van der Waals surface area contributed by atoms with Gasteiger partial charge in [0.05, 0.1) is 28.2 Å². The molecule has 1 atom stereocenters. The van der Waals surface area contributed by atoms with Gasteiger partial charge in [-0.2, -0.15) is 17.6 Å². The summed E-state index contributed by atoms with van der Waals surface area (Å²) in [5.41, 5.74) is 5.55. The Morgan fingerprint density at radius 1 is 1.09 bits per heavy atom. The first kappa shape index (κ1) is 22.1. The second-order valence-corrected chi connectivity index (χ2v) is 8.20. The van der Waals surface area contributed by atoms with Crippen molar-refractivity contribution >= 4 is 28.3 Å². The first-order valence-corrected chi connectivity index (χ1v) is 10.5. The maximum absolute atomic E-state index is 15.0. The number of hydrogen-bond acceptors (Lipinski definition) is 4. The summed E-state index contributed by atoms with van der Waals surface area (Å²) < 4.78 is 69.2. The van der Waals surface area contributed by atoms with Crippen LogP contribution < -0.4 is 5.73 Å². The van der Waals surface area contributed by atoms with E-state index in [1.165, 1.54) is 33.8 Å². The van der Waals surface area contributed by atoms with Gasteiger partial charge < -0.3 is 10.6 Å². The Kier molecular flexibility index (Phi) is 5.14. The molecule has 1 aliphatic rings. The van der Waals surface area contributed by atoms with E-state index < -0.39 is 35.5 Å². The van der Waals surface area contributed by atoms with E-state index in [1.807, 2.05) is 0 Å². The van der Waals surface area contributed by atoms with Crippen molar-refractivity contribution < 1.29 is 26.7 Å². The van der Waals surface area contributed by atoms with Crippen molar-refractivity contribution in [2.24, 2.45) is 0 Å². The summed E-state index contributed by atoms with van der Waals surface area (Å²) in [4.78, 5) is 22.5. The SMILES string of the molecule is Nc1nc2cc(F)c(C(=O)N3CCCC[C@@H]3c3ccc(C(F)(F)F)cc3)cc2n2cnc(F)c12. The number of anilines is 1. The fraction of sp³-hybridized carbons (Fsp3) is 0.261. The lowest BCUT2D eigenvalue weighted by Crippen LogP contribution is -2.39. The van der Waals surface area contributed by atoms with Crippen LogP contribution in [0.4, 0.5) is 27.8 Å². The molecule has 34 heavy (non-hydrogen) atoms. The Bertz CT molecular complexity index is 1410. The van der Waals surface area contributed by atoms with Gasteiger partial charge in [-0.3, -0.25) is 9.20 Å². The molecule has 3 heterocycles. The number of alkyl halides is 3. The Balaban J connectivity index is 1.55. The highest BCUT2D eigenvalue weighted by Gasteiger charge is 2.33. The number of amides is 1. The van der Waals surface area contributed by atoms with Crippen molar-refractivity contribution in [2.75, 3.05) is 12.3 Å². The van der Waals surface area contributed by atoms with E-state index >= 15 is 4.39 Å². The zero-order valence-electron chi connectivity index (χ0n) is 17.6. The van der Waals surface area contributed by atoms with Gasteiger partial charge >= 0.3 is 6.18 Å². The molecule has 2 aromatic carbocycles. The van der Waals surface area contributed by atoms with E-state index in [4.69, 9.17) is 5.73 Å². The number of carbonyl (C=O) groups is 1. The fourth-order valence-electron chi connectivity index (χ4n) is 4.49. The summed E-state index contributed by atoms with van der Waals surface area (Å²) in [7, 11) is 0. The molecule has 4 aromatic rings. The topological polar surface area (TPSA) is 76.5 Å². The summed E-state index contributed by atoms with van der Waals surface area (Å²) >= 11 is 0. The Morgan fingerprint density at radius 3 is 2.53 bits per heavy atom. The van der Waals surface area contributed by atoms with Crippen LogP contribution in [0.2, 0.25) is 0 Å². The van der Waals surface area contributed by atoms with Crippen LogP contribution in [0, 0.1) is 11.8 Å². The van der Waals surface area contributed by atoms with E-state index in [0.717, 1.165) is 24.6 Å². The molecule has 1 saturated heterocycles. The highest BCUT2D eigenvalue weighted by molar-refractivity contribution is 5.98. The van der Waals surface area contributed by atoms with Crippen LogP contribution in [0.25, 0.3) is 16.6 Å². The largest absolute Gasteiger partial charge is 0.416 e. The van der Waals surface area contributed by atoms with Gasteiger partial charge in [-0.1, -0.05) is 12.1 Å². The molecule has 2 aromatic heterocycles. The van der Waals surface area contributed by atoms with E-state index in [2.05, 4.69) is 9.97 Å². The maximum atomic E-state index is 15.0. The van der Waals surface area contributed by atoms with Gasteiger partial charge in [0.2, 0.25) is 5.95 Å². The number of fused-ring (bicyclic) bond motifs is 3. The van der Waals surface area contributed by atoms with Gasteiger partial charge in [-0.05, 0) is 43.0 Å². The molecule has 0 radical (unpaired) electrons. The Labute approximate surface area is 189 Å². The minimum absolute atomic E-state index is 0.0851. The van der Waals surface area contributed by atoms with E-state index in [9.17, 15) is 22.4 Å². The first-order chi connectivity index (χ1) is 16.1. The van der Waals surface area contributed by atoms with Gasteiger partial charge in [0.15, 0.2) is 5.82 Å². The lowest BCUT2D eigenvalue weighted by molar-refractivity contribution is -0.137. The molecule has 0 bridgehead atoms. The Morgan fingerprint density at radius 2 is 1.82 bits per heavy atom. The molecule has 176 valence electrons. The molecule has 0 saturated carbocycles. The van der Waals surface area contributed by atoms with Gasteiger partial charge in [0.25, 0.3) is 5.91 Å². The first-order valence-electron chi connectivity index (χ1n) is 10.5. The van der Waals surface area contributed by atoms with Gasteiger partial charge in [0, 0.05) is 12.6 Å². The molecule has 0 aliphatic carbocycles. The molecular weight excluding hydrogens is 457 g/mol. The summed E-state index contributed by atoms with van der Waals surface area (Å²) in [6.07, 6.45) is -1.32. The zero-order chi connectivity index (χ0) is 24.2. The van der Waals surface area contributed by atoms with Gasteiger partial charge in [0.1, 0.15) is 17.7 Å². The number of hydrogen-bond donors (Lipinski definition) is 1. The molecule has 0 spiro atoms. The lowest BCUT2D eigenvalue weighted by Gasteiger charge is -2.36. The molecule has 1 fully saturated rings. The van der Waals surface area contributed by atoms with Crippen molar-refractivity contribution in [1.29, 1.82) is 0 Å². The predicted molar refractivity (Wildman–Crippen MR) is 114 cm³/mol. The number of nitrogens with two attached hydrogens (primary N) is 1. The van der Waals surface area contributed by atoms with Crippen molar-refractivity contribution in [3.63, 3.8) is 0 Å². The number of rotatable bonds is 2. The van der Waals surface area contributed by atoms with Crippen LogP contribution in [0.3, 0.4) is 0 Å². The minimum atomic E-state index is -4.47. The molecule has 2 N–H and O–H groups in total. The average Bonchev–Trinajstić information content (AvgIpc) is 3.20. The van der Waals surface area contributed by atoms with Crippen LogP contribution in [-0.2, 0) is 6.18 Å². The molecule has 11 heteroatoms. The van der Waals surface area contributed by atoms with Crippen LogP contribution in [0.5, 0.6) is 0 Å². The fourth-order valence-corrected chi connectivity index (χ4v) is 4.49. The average molecular weight is 475 g/mol. The van der Waals surface area contributed by atoms with Crippen molar-refractivity contribution in [3.8, 4) is 0 Å². The summed E-state index contributed by atoms with van der Waals surface area (Å²) in [5.74, 6) is -2.46. The molecular formula is C23H18F5N5O. The minimum Gasteiger partial charge on any atom is -0.382 e. The Hall–Kier alpha value is -3.76.